The standard InChI is InChI=1S/C24H23NO4/c1-2-15-27-22-13-11-20(12-14-22)25-24(26)19-7-6-10-23(18-19)29-17-16-28-21-8-4-3-5-9-21/h2-14,18H,1,15-17H2,(H,25,26). The summed E-state index contributed by atoms with van der Waals surface area (Å²) in [5, 5.41) is 2.86. The molecule has 3 aromatic carbocycles. The number of hydrogen-bond acceptors (Lipinski definition) is 4. The van der Waals surface area contributed by atoms with Crippen LogP contribution in [-0.2, 0) is 0 Å². The van der Waals surface area contributed by atoms with E-state index < -0.39 is 0 Å². The maximum absolute atomic E-state index is 12.5. The molecular formula is C24H23NO4. The minimum atomic E-state index is -0.212. The minimum absolute atomic E-state index is 0.212. The Labute approximate surface area is 170 Å². The largest absolute Gasteiger partial charge is 0.490 e. The van der Waals surface area contributed by atoms with Crippen LogP contribution < -0.4 is 19.5 Å². The van der Waals surface area contributed by atoms with E-state index in [1.807, 2.05) is 36.4 Å². The van der Waals surface area contributed by atoms with Gasteiger partial charge in [-0.2, -0.15) is 0 Å². The highest BCUT2D eigenvalue weighted by atomic mass is 16.5. The Morgan fingerprint density at radius 1 is 0.793 bits per heavy atom. The van der Waals surface area contributed by atoms with Crippen LogP contribution in [0.25, 0.3) is 0 Å². The Morgan fingerprint density at radius 2 is 1.45 bits per heavy atom. The van der Waals surface area contributed by atoms with Gasteiger partial charge in [-0.3, -0.25) is 4.79 Å². The van der Waals surface area contributed by atoms with E-state index in [-0.39, 0.29) is 5.91 Å². The van der Waals surface area contributed by atoms with Crippen LogP contribution in [0.15, 0.2) is 91.5 Å². The summed E-state index contributed by atoms with van der Waals surface area (Å²) < 4.78 is 16.7. The summed E-state index contributed by atoms with van der Waals surface area (Å²) in [5.74, 6) is 1.92. The number of hydrogen-bond donors (Lipinski definition) is 1. The molecule has 0 atom stereocenters. The minimum Gasteiger partial charge on any atom is -0.490 e. The van der Waals surface area contributed by atoms with Crippen LogP contribution in [0.5, 0.6) is 17.2 Å². The van der Waals surface area contributed by atoms with E-state index in [1.165, 1.54) is 0 Å². The molecule has 0 radical (unpaired) electrons. The molecule has 0 spiro atoms. The summed E-state index contributed by atoms with van der Waals surface area (Å²) in [5.41, 5.74) is 1.20. The van der Waals surface area contributed by atoms with Gasteiger partial charge in [0.15, 0.2) is 0 Å². The average molecular weight is 389 g/mol. The molecule has 0 aliphatic rings. The molecule has 0 aliphatic heterocycles. The highest BCUT2D eigenvalue weighted by Gasteiger charge is 2.08. The van der Waals surface area contributed by atoms with Crippen molar-refractivity contribution in [1.82, 2.24) is 0 Å². The Hall–Kier alpha value is -3.73. The number of amides is 1. The molecule has 0 saturated carbocycles. The molecule has 1 N–H and O–H groups in total. The molecule has 0 bridgehead atoms. The molecule has 3 aromatic rings. The molecule has 29 heavy (non-hydrogen) atoms. The van der Waals surface area contributed by atoms with Crippen LogP contribution in [0, 0.1) is 0 Å². The Kier molecular flexibility index (Phi) is 7.29. The van der Waals surface area contributed by atoms with Crippen molar-refractivity contribution >= 4 is 11.6 Å². The first kappa shape index (κ1) is 20.0. The van der Waals surface area contributed by atoms with Crippen LogP contribution in [0.3, 0.4) is 0 Å². The van der Waals surface area contributed by atoms with Crippen molar-refractivity contribution in [2.24, 2.45) is 0 Å². The summed E-state index contributed by atoms with van der Waals surface area (Å²) in [4.78, 5) is 12.5. The third-order valence-electron chi connectivity index (χ3n) is 3.94. The summed E-state index contributed by atoms with van der Waals surface area (Å²) in [6.45, 7) is 4.85. The molecule has 0 aromatic heterocycles. The normalized spacial score (nSPS) is 10.1. The zero-order valence-electron chi connectivity index (χ0n) is 16.0. The van der Waals surface area contributed by atoms with Crippen molar-refractivity contribution in [3.8, 4) is 17.2 Å². The number of anilines is 1. The van der Waals surface area contributed by atoms with Gasteiger partial charge in [0, 0.05) is 11.3 Å². The monoisotopic (exact) mass is 389 g/mol. The van der Waals surface area contributed by atoms with Crippen molar-refractivity contribution < 1.29 is 19.0 Å². The topological polar surface area (TPSA) is 56.8 Å². The zero-order valence-corrected chi connectivity index (χ0v) is 16.0. The van der Waals surface area contributed by atoms with Crippen molar-refractivity contribution in [3.05, 3.63) is 97.1 Å². The fourth-order valence-electron chi connectivity index (χ4n) is 2.56. The quantitative estimate of drug-likeness (QED) is 0.393. The molecule has 0 aliphatic carbocycles. The first-order valence-electron chi connectivity index (χ1n) is 9.30. The Morgan fingerprint density at radius 3 is 2.17 bits per heavy atom. The van der Waals surface area contributed by atoms with Gasteiger partial charge >= 0.3 is 0 Å². The maximum Gasteiger partial charge on any atom is 0.255 e. The summed E-state index contributed by atoms with van der Waals surface area (Å²) in [6, 6.07) is 23.8. The lowest BCUT2D eigenvalue weighted by molar-refractivity contribution is 0.102. The maximum atomic E-state index is 12.5. The molecular weight excluding hydrogens is 366 g/mol. The number of para-hydroxylation sites is 1. The van der Waals surface area contributed by atoms with E-state index in [9.17, 15) is 4.79 Å². The second-order valence-corrected chi connectivity index (χ2v) is 6.12. The van der Waals surface area contributed by atoms with Crippen molar-refractivity contribution in [2.45, 2.75) is 0 Å². The average Bonchev–Trinajstić information content (AvgIpc) is 2.77. The van der Waals surface area contributed by atoms with Gasteiger partial charge in [0.25, 0.3) is 5.91 Å². The SMILES string of the molecule is C=CCOc1ccc(NC(=O)c2cccc(OCCOc3ccccc3)c2)cc1. The van der Waals surface area contributed by atoms with E-state index in [2.05, 4.69) is 11.9 Å². The van der Waals surface area contributed by atoms with E-state index in [0.29, 0.717) is 36.8 Å². The number of carbonyl (C=O) groups is 1. The molecule has 3 rings (SSSR count). The number of carbonyl (C=O) groups excluding carboxylic acids is 1. The summed E-state index contributed by atoms with van der Waals surface area (Å²) in [7, 11) is 0. The molecule has 0 heterocycles. The Bertz CT molecular complexity index is 923. The fraction of sp³-hybridized carbons (Fsp3) is 0.125. The third kappa shape index (κ3) is 6.43. The molecule has 5 nitrogen and oxygen atoms in total. The molecule has 0 saturated heterocycles. The molecule has 148 valence electrons. The van der Waals surface area contributed by atoms with Gasteiger partial charge in [0.2, 0.25) is 0 Å². The molecule has 0 unspecified atom stereocenters. The first-order chi connectivity index (χ1) is 14.2. The number of nitrogens with one attached hydrogen (secondary N) is 1. The predicted octanol–water partition coefficient (Wildman–Crippen LogP) is 4.96. The van der Waals surface area contributed by atoms with Crippen molar-refractivity contribution in [3.63, 3.8) is 0 Å². The van der Waals surface area contributed by atoms with Gasteiger partial charge in [0.05, 0.1) is 0 Å². The van der Waals surface area contributed by atoms with Crippen molar-refractivity contribution in [2.75, 3.05) is 25.1 Å². The smallest absolute Gasteiger partial charge is 0.255 e. The molecule has 1 amide bonds. The van der Waals surface area contributed by atoms with Gasteiger partial charge in [-0.15, -0.1) is 0 Å². The first-order valence-corrected chi connectivity index (χ1v) is 9.30. The van der Waals surface area contributed by atoms with Gasteiger partial charge in [-0.05, 0) is 54.6 Å². The van der Waals surface area contributed by atoms with Crippen LogP contribution in [0.2, 0.25) is 0 Å². The predicted molar refractivity (Wildman–Crippen MR) is 114 cm³/mol. The van der Waals surface area contributed by atoms with Gasteiger partial charge in [-0.25, -0.2) is 0 Å². The van der Waals surface area contributed by atoms with Crippen LogP contribution in [0.1, 0.15) is 10.4 Å². The summed E-state index contributed by atoms with van der Waals surface area (Å²) >= 11 is 0. The Balaban J connectivity index is 1.50. The number of ether oxygens (including phenoxy) is 3. The van der Waals surface area contributed by atoms with E-state index in [1.54, 1.807) is 48.5 Å². The van der Waals surface area contributed by atoms with Gasteiger partial charge in [-0.1, -0.05) is 36.9 Å². The van der Waals surface area contributed by atoms with E-state index in [0.717, 1.165) is 11.5 Å². The zero-order chi connectivity index (χ0) is 20.3. The fourth-order valence-corrected chi connectivity index (χ4v) is 2.56. The third-order valence-corrected chi connectivity index (χ3v) is 3.94. The lowest BCUT2D eigenvalue weighted by Gasteiger charge is -2.10. The van der Waals surface area contributed by atoms with Crippen LogP contribution >= 0.6 is 0 Å². The second-order valence-electron chi connectivity index (χ2n) is 6.12. The highest BCUT2D eigenvalue weighted by molar-refractivity contribution is 6.04. The molecule has 0 fully saturated rings. The van der Waals surface area contributed by atoms with Gasteiger partial charge < -0.3 is 19.5 Å². The van der Waals surface area contributed by atoms with Crippen LogP contribution in [0.4, 0.5) is 5.69 Å². The van der Waals surface area contributed by atoms with E-state index >= 15 is 0 Å². The lowest BCUT2D eigenvalue weighted by Crippen LogP contribution is -2.13. The highest BCUT2D eigenvalue weighted by Crippen LogP contribution is 2.18. The van der Waals surface area contributed by atoms with Gasteiger partial charge in [0.1, 0.15) is 37.1 Å². The van der Waals surface area contributed by atoms with Crippen molar-refractivity contribution in [1.29, 1.82) is 0 Å². The number of benzene rings is 3. The molecule has 5 heteroatoms. The second kappa shape index (κ2) is 10.6. The summed E-state index contributed by atoms with van der Waals surface area (Å²) in [6.07, 6.45) is 1.68. The van der Waals surface area contributed by atoms with E-state index in [4.69, 9.17) is 14.2 Å². The number of rotatable bonds is 10. The van der Waals surface area contributed by atoms with Crippen LogP contribution in [-0.4, -0.2) is 25.7 Å². The lowest BCUT2D eigenvalue weighted by atomic mass is 10.2.